The van der Waals surface area contributed by atoms with Crippen molar-refractivity contribution in [3.63, 3.8) is 0 Å². The number of carboxylic acid groups (broad SMARTS) is 2. The first kappa shape index (κ1) is 21.5. The van der Waals surface area contributed by atoms with Crippen LogP contribution in [0.1, 0.15) is 26.2 Å². The van der Waals surface area contributed by atoms with E-state index in [1.165, 1.54) is 21.6 Å². The molecule has 0 aliphatic rings. The van der Waals surface area contributed by atoms with Crippen LogP contribution in [0.2, 0.25) is 0 Å². The maximum Gasteiger partial charge on any atom is 0.320 e. The Hall–Kier alpha value is -0.480. The van der Waals surface area contributed by atoms with Crippen molar-refractivity contribution < 1.29 is 24.9 Å². The van der Waals surface area contributed by atoms with Crippen LogP contribution in [0.5, 0.6) is 0 Å². The van der Waals surface area contributed by atoms with Crippen molar-refractivity contribution in [2.24, 2.45) is 5.73 Å². The molecule has 0 aromatic heterocycles. The largest absolute Gasteiger partial charge is 0.480 e. The summed E-state index contributed by atoms with van der Waals surface area (Å²) in [6.45, 7) is 2.18. The van der Waals surface area contributed by atoms with Crippen molar-refractivity contribution in [3.8, 4) is 0 Å². The Bertz CT molecular complexity index is 346. The zero-order valence-electron chi connectivity index (χ0n) is 13.0. The average Bonchev–Trinajstić information content (AvgIpc) is 2.44. The van der Waals surface area contributed by atoms with Crippen molar-refractivity contribution in [2.75, 3.05) is 25.1 Å². The van der Waals surface area contributed by atoms with Gasteiger partial charge in [0.25, 0.3) is 0 Å². The number of carbonyl (C=O) groups is 2. The van der Waals surface area contributed by atoms with E-state index in [2.05, 4.69) is 0 Å². The van der Waals surface area contributed by atoms with Gasteiger partial charge in [-0.2, -0.15) is 0 Å². The van der Waals surface area contributed by atoms with Crippen molar-refractivity contribution >= 4 is 33.5 Å². The third-order valence-corrected chi connectivity index (χ3v) is 5.65. The van der Waals surface area contributed by atoms with Gasteiger partial charge >= 0.3 is 11.9 Å². The lowest BCUT2D eigenvalue weighted by atomic mass is 10.1. The maximum atomic E-state index is 11.3. The standard InChI is InChI=1S/C13H26N2O5S2/c1-3-9(16)8-15(2)11(13(19)20)5-7-22-21-6-4-10(14)12(17)18/h9-11,16H,3-8,14H2,1-2H3,(H,17,18)(H,19,20). The Balaban J connectivity index is 3.97. The number of carboxylic acids is 2. The summed E-state index contributed by atoms with van der Waals surface area (Å²) in [4.78, 5) is 23.5. The first-order valence-electron chi connectivity index (χ1n) is 7.13. The summed E-state index contributed by atoms with van der Waals surface area (Å²) in [6, 6.07) is -1.47. The fourth-order valence-corrected chi connectivity index (χ4v) is 3.89. The molecule has 7 nitrogen and oxygen atoms in total. The third kappa shape index (κ3) is 9.52. The smallest absolute Gasteiger partial charge is 0.320 e. The number of likely N-dealkylation sites (N-methyl/N-ethyl adjacent to an activating group) is 1. The minimum absolute atomic E-state index is 0.332. The number of rotatable bonds is 13. The molecule has 0 amide bonds. The Kier molecular flexibility index (Phi) is 11.7. The van der Waals surface area contributed by atoms with E-state index in [1.807, 2.05) is 6.92 Å². The van der Waals surface area contributed by atoms with Crippen LogP contribution in [-0.2, 0) is 9.59 Å². The lowest BCUT2D eigenvalue weighted by Crippen LogP contribution is -2.42. The quantitative estimate of drug-likeness (QED) is 0.280. The number of nitrogens with two attached hydrogens (primary N) is 1. The van der Waals surface area contributed by atoms with Crippen molar-refractivity contribution in [2.45, 2.75) is 44.4 Å². The summed E-state index contributed by atoms with van der Waals surface area (Å²) in [6.07, 6.45) is 0.917. The number of hydrogen-bond donors (Lipinski definition) is 4. The molecule has 0 fully saturated rings. The highest BCUT2D eigenvalue weighted by atomic mass is 33.1. The van der Waals surface area contributed by atoms with E-state index in [0.717, 1.165) is 0 Å². The van der Waals surface area contributed by atoms with Crippen LogP contribution < -0.4 is 5.73 Å². The molecule has 0 saturated carbocycles. The van der Waals surface area contributed by atoms with Crippen LogP contribution in [0.4, 0.5) is 0 Å². The number of aliphatic carboxylic acids is 2. The van der Waals surface area contributed by atoms with Gasteiger partial charge in [0.05, 0.1) is 6.10 Å². The van der Waals surface area contributed by atoms with Crippen LogP contribution in [0.3, 0.4) is 0 Å². The molecule has 22 heavy (non-hydrogen) atoms. The predicted molar refractivity (Wildman–Crippen MR) is 90.1 cm³/mol. The van der Waals surface area contributed by atoms with Crippen LogP contribution in [0.25, 0.3) is 0 Å². The zero-order valence-corrected chi connectivity index (χ0v) is 14.6. The Labute approximate surface area is 139 Å². The normalized spacial score (nSPS) is 15.5. The first-order chi connectivity index (χ1) is 10.3. The minimum atomic E-state index is -1.01. The molecule has 0 heterocycles. The van der Waals surface area contributed by atoms with Gasteiger partial charge in [-0.05, 0) is 26.3 Å². The monoisotopic (exact) mass is 354 g/mol. The van der Waals surface area contributed by atoms with Gasteiger partial charge in [-0.25, -0.2) is 0 Å². The molecule has 3 unspecified atom stereocenters. The number of nitrogens with zero attached hydrogens (tertiary/aromatic N) is 1. The van der Waals surface area contributed by atoms with Gasteiger partial charge in [0, 0.05) is 18.1 Å². The number of hydrogen-bond acceptors (Lipinski definition) is 7. The van der Waals surface area contributed by atoms with Crippen LogP contribution in [-0.4, -0.2) is 75.4 Å². The van der Waals surface area contributed by atoms with Crippen LogP contribution >= 0.6 is 21.6 Å². The highest BCUT2D eigenvalue weighted by Gasteiger charge is 2.23. The van der Waals surface area contributed by atoms with Gasteiger partial charge in [-0.1, -0.05) is 28.5 Å². The number of aliphatic hydroxyl groups excluding tert-OH is 1. The van der Waals surface area contributed by atoms with Crippen molar-refractivity contribution in [1.29, 1.82) is 0 Å². The van der Waals surface area contributed by atoms with E-state index in [1.54, 1.807) is 11.9 Å². The molecule has 0 aliphatic carbocycles. The second kappa shape index (κ2) is 12.0. The van der Waals surface area contributed by atoms with E-state index in [4.69, 9.17) is 10.8 Å². The molecule has 130 valence electrons. The summed E-state index contributed by atoms with van der Waals surface area (Å²) < 4.78 is 0. The third-order valence-electron chi connectivity index (χ3n) is 3.17. The molecule has 0 radical (unpaired) electrons. The highest BCUT2D eigenvalue weighted by molar-refractivity contribution is 8.76. The fourth-order valence-electron chi connectivity index (χ4n) is 1.70. The molecular formula is C13H26N2O5S2. The summed E-state index contributed by atoms with van der Waals surface area (Å²) in [7, 11) is 4.70. The summed E-state index contributed by atoms with van der Waals surface area (Å²) in [5.41, 5.74) is 5.39. The minimum Gasteiger partial charge on any atom is -0.480 e. The Morgan fingerprint density at radius 1 is 1.14 bits per heavy atom. The molecule has 5 N–H and O–H groups in total. The predicted octanol–water partition coefficient (Wildman–Crippen LogP) is 0.716. The SMILES string of the molecule is CCC(O)CN(C)C(CCSSCCC(N)C(=O)O)C(=O)O. The molecule has 3 atom stereocenters. The average molecular weight is 354 g/mol. The van der Waals surface area contributed by atoms with Gasteiger partial charge in [0.2, 0.25) is 0 Å². The second-order valence-electron chi connectivity index (χ2n) is 5.02. The lowest BCUT2D eigenvalue weighted by molar-refractivity contribution is -0.143. The van der Waals surface area contributed by atoms with Crippen molar-refractivity contribution in [3.05, 3.63) is 0 Å². The molecule has 0 aromatic carbocycles. The summed E-state index contributed by atoms with van der Waals surface area (Å²) >= 11 is 0. The number of aliphatic hydroxyl groups is 1. The first-order valence-corrected chi connectivity index (χ1v) is 9.62. The highest BCUT2D eigenvalue weighted by Crippen LogP contribution is 2.24. The van der Waals surface area contributed by atoms with Crippen LogP contribution in [0.15, 0.2) is 0 Å². The van der Waals surface area contributed by atoms with E-state index < -0.39 is 30.1 Å². The molecule has 9 heteroatoms. The summed E-state index contributed by atoms with van der Waals surface area (Å²) in [5, 5.41) is 27.5. The van der Waals surface area contributed by atoms with E-state index in [-0.39, 0.29) is 0 Å². The van der Waals surface area contributed by atoms with Gasteiger partial charge in [0.15, 0.2) is 0 Å². The van der Waals surface area contributed by atoms with E-state index in [9.17, 15) is 19.8 Å². The molecule has 0 rings (SSSR count). The molecule has 0 aromatic rings. The van der Waals surface area contributed by atoms with Gasteiger partial charge in [0.1, 0.15) is 12.1 Å². The maximum absolute atomic E-state index is 11.3. The topological polar surface area (TPSA) is 124 Å². The molecule has 0 bridgehead atoms. The van der Waals surface area contributed by atoms with Gasteiger partial charge in [-0.15, -0.1) is 0 Å². The summed E-state index contributed by atoms with van der Waals surface area (Å²) in [5.74, 6) is -0.659. The Morgan fingerprint density at radius 2 is 1.68 bits per heavy atom. The van der Waals surface area contributed by atoms with Crippen LogP contribution in [0, 0.1) is 0 Å². The fraction of sp³-hybridized carbons (Fsp3) is 0.846. The second-order valence-corrected chi connectivity index (χ2v) is 7.72. The van der Waals surface area contributed by atoms with Crippen molar-refractivity contribution in [1.82, 2.24) is 4.90 Å². The molecule has 0 spiro atoms. The van der Waals surface area contributed by atoms with E-state index >= 15 is 0 Å². The molecule has 0 aliphatic heterocycles. The van der Waals surface area contributed by atoms with Gasteiger partial charge < -0.3 is 21.1 Å². The molecule has 0 saturated heterocycles. The van der Waals surface area contributed by atoms with E-state index in [0.29, 0.717) is 37.3 Å². The lowest BCUT2D eigenvalue weighted by Gasteiger charge is -2.26. The van der Waals surface area contributed by atoms with Gasteiger partial charge in [-0.3, -0.25) is 14.5 Å². The molecular weight excluding hydrogens is 328 g/mol. The Morgan fingerprint density at radius 3 is 2.14 bits per heavy atom. The zero-order chi connectivity index (χ0) is 17.1.